The molecule has 94 valence electrons. The highest BCUT2D eigenvalue weighted by atomic mass is 35.5. The lowest BCUT2D eigenvalue weighted by Crippen LogP contribution is -2.19. The monoisotopic (exact) mass is 283 g/mol. The summed E-state index contributed by atoms with van der Waals surface area (Å²) in [5.41, 5.74) is 0.826. The Kier molecular flexibility index (Phi) is 4.04. The number of nitrogens with one attached hydrogen (secondary N) is 1. The van der Waals surface area contributed by atoms with Crippen LogP contribution in [0.15, 0.2) is 30.0 Å². The molecule has 3 nitrogen and oxygen atoms in total. The minimum absolute atomic E-state index is 0.121. The van der Waals surface area contributed by atoms with Crippen molar-refractivity contribution >= 4 is 40.5 Å². The second kappa shape index (κ2) is 5.55. The van der Waals surface area contributed by atoms with Gasteiger partial charge in [-0.15, -0.1) is 0 Å². The molecule has 1 N–H and O–H groups in total. The first-order valence-corrected chi connectivity index (χ1v) is 6.31. The maximum Gasteiger partial charge on any atom is 0.167 e. The molecule has 0 heterocycles. The van der Waals surface area contributed by atoms with Crippen molar-refractivity contribution in [3.8, 4) is 0 Å². The summed E-state index contributed by atoms with van der Waals surface area (Å²) in [5.74, 6) is -0.243. The molecule has 1 aliphatic carbocycles. The Hall–Kier alpha value is -1.32. The van der Waals surface area contributed by atoms with Crippen molar-refractivity contribution in [3.63, 3.8) is 0 Å². The molecule has 0 amide bonds. The van der Waals surface area contributed by atoms with Crippen LogP contribution in [0.5, 0.6) is 0 Å². The first-order chi connectivity index (χ1) is 8.58. The average molecular weight is 284 g/mol. The number of anilines is 1. The van der Waals surface area contributed by atoms with E-state index in [1.54, 1.807) is 18.2 Å². The van der Waals surface area contributed by atoms with Crippen LogP contribution in [0.2, 0.25) is 10.0 Å². The topological polar surface area (TPSA) is 46.2 Å². The van der Waals surface area contributed by atoms with Crippen LogP contribution in [-0.4, -0.2) is 11.6 Å². The van der Waals surface area contributed by atoms with E-state index in [0.29, 0.717) is 35.0 Å². The van der Waals surface area contributed by atoms with Gasteiger partial charge in [-0.3, -0.25) is 9.59 Å². The molecule has 5 heteroatoms. The van der Waals surface area contributed by atoms with E-state index >= 15 is 0 Å². The third-order valence-electron chi connectivity index (χ3n) is 2.71. The molecule has 1 saturated carbocycles. The van der Waals surface area contributed by atoms with Crippen LogP contribution in [0.4, 0.5) is 5.69 Å². The molecular weight excluding hydrogens is 273 g/mol. The van der Waals surface area contributed by atoms with Crippen molar-refractivity contribution in [1.82, 2.24) is 0 Å². The van der Waals surface area contributed by atoms with Crippen LogP contribution in [0.1, 0.15) is 19.3 Å². The summed E-state index contributed by atoms with van der Waals surface area (Å²) in [6, 6.07) is 4.97. The van der Waals surface area contributed by atoms with Gasteiger partial charge in [-0.25, -0.2) is 0 Å². The first-order valence-electron chi connectivity index (χ1n) is 5.56. The highest BCUT2D eigenvalue weighted by molar-refractivity contribution is 6.36. The van der Waals surface area contributed by atoms with Gasteiger partial charge in [0, 0.05) is 24.1 Å². The van der Waals surface area contributed by atoms with Crippen molar-refractivity contribution in [1.29, 1.82) is 0 Å². The molecular formula is C13H11Cl2NO2. The Morgan fingerprint density at radius 1 is 1.11 bits per heavy atom. The maximum atomic E-state index is 11.6. The number of Topliss-reactive ketones (excluding diaryl/α,β-unsaturated/α-hetero) is 2. The molecule has 1 aliphatic rings. The Labute approximate surface area is 115 Å². The van der Waals surface area contributed by atoms with E-state index < -0.39 is 0 Å². The maximum absolute atomic E-state index is 11.6. The standard InChI is InChI=1S/C13H11Cl2NO2/c14-8-4-5-11(10(15)6-8)16-7-9-12(17)2-1-3-13(9)18/h4-7,16H,1-3H2. The van der Waals surface area contributed by atoms with Crippen molar-refractivity contribution < 1.29 is 9.59 Å². The zero-order valence-electron chi connectivity index (χ0n) is 9.50. The van der Waals surface area contributed by atoms with Crippen LogP contribution in [0.25, 0.3) is 0 Å². The molecule has 1 aromatic carbocycles. The molecule has 0 bridgehead atoms. The van der Waals surface area contributed by atoms with Crippen LogP contribution < -0.4 is 5.32 Å². The van der Waals surface area contributed by atoms with E-state index in [2.05, 4.69) is 5.32 Å². The minimum Gasteiger partial charge on any atom is -0.360 e. The number of carbonyl (C=O) groups excluding carboxylic acids is 2. The summed E-state index contributed by atoms with van der Waals surface area (Å²) < 4.78 is 0. The number of benzene rings is 1. The average Bonchev–Trinajstić information content (AvgIpc) is 2.31. The second-order valence-electron chi connectivity index (χ2n) is 4.03. The molecule has 1 fully saturated rings. The minimum atomic E-state index is -0.121. The highest BCUT2D eigenvalue weighted by Crippen LogP contribution is 2.26. The summed E-state index contributed by atoms with van der Waals surface area (Å²) in [6.45, 7) is 0. The fraction of sp³-hybridized carbons (Fsp3) is 0.231. The van der Waals surface area contributed by atoms with Crippen LogP contribution >= 0.6 is 23.2 Å². The number of ketones is 2. The Morgan fingerprint density at radius 2 is 1.78 bits per heavy atom. The number of carbonyl (C=O) groups is 2. The molecule has 0 saturated heterocycles. The van der Waals surface area contributed by atoms with E-state index in [4.69, 9.17) is 23.2 Å². The lowest BCUT2D eigenvalue weighted by atomic mass is 9.93. The summed E-state index contributed by atoms with van der Waals surface area (Å²) >= 11 is 11.8. The van der Waals surface area contributed by atoms with E-state index in [1.807, 2.05) is 0 Å². The molecule has 1 aromatic rings. The molecule has 0 aliphatic heterocycles. The molecule has 2 rings (SSSR count). The SMILES string of the molecule is O=C1CCCC(=O)C1=CNc1ccc(Cl)cc1Cl. The fourth-order valence-electron chi connectivity index (χ4n) is 1.75. The van der Waals surface area contributed by atoms with Crippen molar-refractivity contribution in [3.05, 3.63) is 40.0 Å². The van der Waals surface area contributed by atoms with E-state index in [0.717, 1.165) is 0 Å². The van der Waals surface area contributed by atoms with Crippen LogP contribution in [0.3, 0.4) is 0 Å². The first kappa shape index (κ1) is 13.1. The van der Waals surface area contributed by atoms with Crippen LogP contribution in [0, 0.1) is 0 Å². The summed E-state index contributed by atoms with van der Waals surface area (Å²) in [5, 5.41) is 3.85. The predicted molar refractivity (Wildman–Crippen MR) is 72.0 cm³/mol. The molecule has 18 heavy (non-hydrogen) atoms. The molecule has 0 spiro atoms. The van der Waals surface area contributed by atoms with E-state index in [1.165, 1.54) is 6.20 Å². The predicted octanol–water partition coefficient (Wildman–Crippen LogP) is 3.61. The summed E-state index contributed by atoms with van der Waals surface area (Å²) in [7, 11) is 0. The lowest BCUT2D eigenvalue weighted by molar-refractivity contribution is -0.123. The van der Waals surface area contributed by atoms with Gasteiger partial charge in [-0.2, -0.15) is 0 Å². The van der Waals surface area contributed by atoms with Gasteiger partial charge in [0.25, 0.3) is 0 Å². The highest BCUT2D eigenvalue weighted by Gasteiger charge is 2.22. The van der Waals surface area contributed by atoms with E-state index in [-0.39, 0.29) is 17.1 Å². The third kappa shape index (κ3) is 2.92. The largest absolute Gasteiger partial charge is 0.360 e. The van der Waals surface area contributed by atoms with E-state index in [9.17, 15) is 9.59 Å². The molecule has 0 aromatic heterocycles. The Morgan fingerprint density at radius 3 is 2.39 bits per heavy atom. The smallest absolute Gasteiger partial charge is 0.167 e. The van der Waals surface area contributed by atoms with Gasteiger partial charge >= 0.3 is 0 Å². The van der Waals surface area contributed by atoms with Crippen molar-refractivity contribution in [2.75, 3.05) is 5.32 Å². The van der Waals surface area contributed by atoms with Gasteiger partial charge in [0.2, 0.25) is 0 Å². The van der Waals surface area contributed by atoms with Crippen LogP contribution in [-0.2, 0) is 9.59 Å². The Balaban J connectivity index is 2.18. The molecule has 0 atom stereocenters. The van der Waals surface area contributed by atoms with Gasteiger partial charge in [-0.1, -0.05) is 23.2 Å². The number of halogens is 2. The lowest BCUT2D eigenvalue weighted by Gasteiger charge is -2.12. The number of hydrogen-bond acceptors (Lipinski definition) is 3. The number of rotatable bonds is 2. The van der Waals surface area contributed by atoms with Gasteiger partial charge in [0.05, 0.1) is 16.3 Å². The number of allylic oxidation sites excluding steroid dienone is 1. The fourth-order valence-corrected chi connectivity index (χ4v) is 2.21. The summed E-state index contributed by atoms with van der Waals surface area (Å²) in [4.78, 5) is 23.2. The quantitative estimate of drug-likeness (QED) is 0.666. The number of hydrogen-bond donors (Lipinski definition) is 1. The molecule has 0 radical (unpaired) electrons. The van der Waals surface area contributed by atoms with Gasteiger partial charge < -0.3 is 5.32 Å². The molecule has 0 unspecified atom stereocenters. The van der Waals surface area contributed by atoms with Gasteiger partial charge in [-0.05, 0) is 24.6 Å². The zero-order chi connectivity index (χ0) is 13.1. The Bertz CT molecular complexity index is 520. The van der Waals surface area contributed by atoms with Gasteiger partial charge in [0.1, 0.15) is 0 Å². The summed E-state index contributed by atoms with van der Waals surface area (Å²) in [6.07, 6.45) is 2.91. The van der Waals surface area contributed by atoms with Crippen molar-refractivity contribution in [2.24, 2.45) is 0 Å². The van der Waals surface area contributed by atoms with Crippen molar-refractivity contribution in [2.45, 2.75) is 19.3 Å². The van der Waals surface area contributed by atoms with Gasteiger partial charge in [0.15, 0.2) is 11.6 Å². The zero-order valence-corrected chi connectivity index (χ0v) is 11.0. The second-order valence-corrected chi connectivity index (χ2v) is 4.87. The third-order valence-corrected chi connectivity index (χ3v) is 3.26. The normalized spacial score (nSPS) is 15.8.